The molecule has 0 aliphatic heterocycles. The van der Waals surface area contributed by atoms with E-state index in [0.717, 1.165) is 17.8 Å². The maximum absolute atomic E-state index is 12.3. The number of carbonyl (C=O) groups is 1. The van der Waals surface area contributed by atoms with Crippen LogP contribution in [0.25, 0.3) is 11.3 Å². The molecule has 6 nitrogen and oxygen atoms in total. The first kappa shape index (κ1) is 19.2. The summed E-state index contributed by atoms with van der Waals surface area (Å²) in [5.74, 6) is -0.605. The largest absolute Gasteiger partial charge is 0.573 e. The van der Waals surface area contributed by atoms with Gasteiger partial charge in [0.1, 0.15) is 11.5 Å². The van der Waals surface area contributed by atoms with Gasteiger partial charge in [-0.1, -0.05) is 6.07 Å². The van der Waals surface area contributed by atoms with Crippen LogP contribution in [0.1, 0.15) is 15.9 Å². The molecule has 0 aliphatic carbocycles. The van der Waals surface area contributed by atoms with Crippen molar-refractivity contribution >= 4 is 5.91 Å². The van der Waals surface area contributed by atoms with Gasteiger partial charge in [-0.3, -0.25) is 14.8 Å². The third-order valence-corrected chi connectivity index (χ3v) is 3.68. The Morgan fingerprint density at radius 1 is 1.04 bits per heavy atom. The maximum Gasteiger partial charge on any atom is 0.573 e. The van der Waals surface area contributed by atoms with Crippen molar-refractivity contribution in [3.8, 4) is 28.5 Å². The van der Waals surface area contributed by atoms with Crippen molar-refractivity contribution in [1.29, 1.82) is 0 Å². The standard InChI is InChI=1S/C19H14F3N3O3/c1-11-6-12(2-3-16(11)18(23)26)17-8-13(4-5-25-17)27-14-7-15(10-24-9-14)28-19(20,21)22/h2-10H,1H3,(H2,23,26). The molecule has 0 atom stereocenters. The van der Waals surface area contributed by atoms with Crippen molar-refractivity contribution in [2.24, 2.45) is 5.73 Å². The first-order chi connectivity index (χ1) is 13.2. The summed E-state index contributed by atoms with van der Waals surface area (Å²) in [7, 11) is 0. The van der Waals surface area contributed by atoms with Crippen LogP contribution in [0.15, 0.2) is 55.0 Å². The highest BCUT2D eigenvalue weighted by Crippen LogP contribution is 2.29. The zero-order valence-corrected chi connectivity index (χ0v) is 14.5. The van der Waals surface area contributed by atoms with E-state index >= 15 is 0 Å². The molecule has 1 aromatic carbocycles. The van der Waals surface area contributed by atoms with Crippen LogP contribution in [0.3, 0.4) is 0 Å². The highest BCUT2D eigenvalue weighted by molar-refractivity contribution is 5.94. The molecule has 0 spiro atoms. The quantitative estimate of drug-likeness (QED) is 0.705. The molecular weight excluding hydrogens is 375 g/mol. The molecule has 2 aromatic heterocycles. The normalized spacial score (nSPS) is 11.1. The lowest BCUT2D eigenvalue weighted by Gasteiger charge is -2.11. The number of rotatable bonds is 5. The number of aryl methyl sites for hydroxylation is 1. The van der Waals surface area contributed by atoms with Gasteiger partial charge >= 0.3 is 6.36 Å². The zero-order chi connectivity index (χ0) is 20.3. The van der Waals surface area contributed by atoms with Gasteiger partial charge in [0.2, 0.25) is 5.91 Å². The molecule has 2 heterocycles. The second-order valence-corrected chi connectivity index (χ2v) is 5.78. The molecule has 2 N–H and O–H groups in total. The lowest BCUT2D eigenvalue weighted by Crippen LogP contribution is -2.17. The topological polar surface area (TPSA) is 87.3 Å². The van der Waals surface area contributed by atoms with Gasteiger partial charge in [0.05, 0.1) is 18.1 Å². The molecule has 0 fully saturated rings. The molecule has 144 valence electrons. The Labute approximate surface area is 157 Å². The molecule has 1 amide bonds. The monoisotopic (exact) mass is 389 g/mol. The van der Waals surface area contributed by atoms with Crippen LogP contribution >= 0.6 is 0 Å². The van der Waals surface area contributed by atoms with Crippen molar-refractivity contribution < 1.29 is 27.4 Å². The van der Waals surface area contributed by atoms with Crippen LogP contribution in [0, 0.1) is 6.92 Å². The average molecular weight is 389 g/mol. The summed E-state index contributed by atoms with van der Waals surface area (Å²) in [6, 6.07) is 9.28. The van der Waals surface area contributed by atoms with E-state index in [4.69, 9.17) is 10.5 Å². The van der Waals surface area contributed by atoms with Crippen molar-refractivity contribution in [2.75, 3.05) is 0 Å². The fraction of sp³-hybridized carbons (Fsp3) is 0.105. The molecule has 28 heavy (non-hydrogen) atoms. The summed E-state index contributed by atoms with van der Waals surface area (Å²) in [5, 5.41) is 0. The van der Waals surface area contributed by atoms with Crippen LogP contribution < -0.4 is 15.2 Å². The molecule has 0 bridgehead atoms. The predicted molar refractivity (Wildman–Crippen MR) is 93.9 cm³/mol. The van der Waals surface area contributed by atoms with E-state index in [2.05, 4.69) is 14.7 Å². The van der Waals surface area contributed by atoms with Gasteiger partial charge in [-0.25, -0.2) is 0 Å². The number of ether oxygens (including phenoxy) is 2. The first-order valence-electron chi connectivity index (χ1n) is 7.97. The highest BCUT2D eigenvalue weighted by Gasteiger charge is 2.31. The number of nitrogens with two attached hydrogens (primary N) is 1. The number of halogens is 3. The number of hydrogen-bond donors (Lipinski definition) is 1. The lowest BCUT2D eigenvalue weighted by atomic mass is 10.0. The molecule has 3 rings (SSSR count). The molecule has 0 saturated carbocycles. The Morgan fingerprint density at radius 2 is 1.79 bits per heavy atom. The number of benzene rings is 1. The highest BCUT2D eigenvalue weighted by atomic mass is 19.4. The van der Waals surface area contributed by atoms with Gasteiger partial charge in [-0.05, 0) is 30.7 Å². The van der Waals surface area contributed by atoms with Gasteiger partial charge < -0.3 is 15.2 Å². The summed E-state index contributed by atoms with van der Waals surface area (Å²) in [6.07, 6.45) is -1.14. The molecule has 3 aromatic rings. The van der Waals surface area contributed by atoms with E-state index in [1.807, 2.05) is 0 Å². The molecule has 0 radical (unpaired) electrons. The van der Waals surface area contributed by atoms with E-state index in [1.54, 1.807) is 37.3 Å². The number of alkyl halides is 3. The Balaban J connectivity index is 1.84. The summed E-state index contributed by atoms with van der Waals surface area (Å²) in [5.41, 5.74) is 7.67. The SMILES string of the molecule is Cc1cc(-c2cc(Oc3cncc(OC(F)(F)F)c3)ccn2)ccc1C(N)=O. The molecule has 9 heteroatoms. The fourth-order valence-corrected chi connectivity index (χ4v) is 2.51. The Kier molecular flexibility index (Phi) is 5.16. The lowest BCUT2D eigenvalue weighted by molar-refractivity contribution is -0.274. The van der Waals surface area contributed by atoms with E-state index in [9.17, 15) is 18.0 Å². The number of hydrogen-bond acceptors (Lipinski definition) is 5. The van der Waals surface area contributed by atoms with Gasteiger partial charge in [0.25, 0.3) is 0 Å². The number of primary amides is 1. The number of aromatic nitrogens is 2. The van der Waals surface area contributed by atoms with Crippen LogP contribution in [-0.4, -0.2) is 22.2 Å². The fourth-order valence-electron chi connectivity index (χ4n) is 2.51. The van der Waals surface area contributed by atoms with Crippen molar-refractivity contribution in [3.05, 3.63) is 66.1 Å². The van der Waals surface area contributed by atoms with Crippen LogP contribution in [0.4, 0.5) is 13.2 Å². The first-order valence-corrected chi connectivity index (χ1v) is 7.97. The van der Waals surface area contributed by atoms with Crippen molar-refractivity contribution in [1.82, 2.24) is 9.97 Å². The van der Waals surface area contributed by atoms with Gasteiger partial charge in [0.15, 0.2) is 5.75 Å². The second-order valence-electron chi connectivity index (χ2n) is 5.78. The average Bonchev–Trinajstić information content (AvgIpc) is 2.60. The van der Waals surface area contributed by atoms with Gasteiger partial charge in [-0.15, -0.1) is 13.2 Å². The maximum atomic E-state index is 12.3. The van der Waals surface area contributed by atoms with E-state index in [-0.39, 0.29) is 5.75 Å². The van der Waals surface area contributed by atoms with E-state index in [0.29, 0.717) is 22.6 Å². The van der Waals surface area contributed by atoms with Crippen LogP contribution in [0.2, 0.25) is 0 Å². The third-order valence-electron chi connectivity index (χ3n) is 3.68. The van der Waals surface area contributed by atoms with Crippen LogP contribution in [0.5, 0.6) is 17.2 Å². The van der Waals surface area contributed by atoms with E-state index < -0.39 is 18.0 Å². The minimum atomic E-state index is -4.82. The molecular formula is C19H14F3N3O3. The Morgan fingerprint density at radius 3 is 2.46 bits per heavy atom. The Hall–Kier alpha value is -3.62. The van der Waals surface area contributed by atoms with Gasteiger partial charge in [-0.2, -0.15) is 0 Å². The number of nitrogens with zero attached hydrogens (tertiary/aromatic N) is 2. The third kappa shape index (κ3) is 4.76. The van der Waals surface area contributed by atoms with Crippen molar-refractivity contribution in [2.45, 2.75) is 13.3 Å². The Bertz CT molecular complexity index is 1020. The molecule has 0 aliphatic rings. The van der Waals surface area contributed by atoms with Crippen molar-refractivity contribution in [3.63, 3.8) is 0 Å². The number of carbonyl (C=O) groups excluding carboxylic acids is 1. The summed E-state index contributed by atoms with van der Waals surface area (Å²) >= 11 is 0. The minimum absolute atomic E-state index is 0.0687. The molecule has 0 saturated heterocycles. The minimum Gasteiger partial charge on any atom is -0.455 e. The summed E-state index contributed by atoms with van der Waals surface area (Å²) < 4.78 is 46.4. The summed E-state index contributed by atoms with van der Waals surface area (Å²) in [6.45, 7) is 1.75. The second kappa shape index (κ2) is 7.55. The summed E-state index contributed by atoms with van der Waals surface area (Å²) in [4.78, 5) is 19.3. The van der Waals surface area contributed by atoms with E-state index in [1.165, 1.54) is 12.4 Å². The zero-order valence-electron chi connectivity index (χ0n) is 14.5. The molecule has 0 unspecified atom stereocenters. The smallest absolute Gasteiger partial charge is 0.455 e. The predicted octanol–water partition coefficient (Wildman–Crippen LogP) is 4.24. The number of amides is 1. The van der Waals surface area contributed by atoms with Gasteiger partial charge in [0, 0.05) is 29.5 Å². The number of pyridine rings is 2. The van der Waals surface area contributed by atoms with Crippen LogP contribution in [-0.2, 0) is 0 Å².